The highest BCUT2D eigenvalue weighted by molar-refractivity contribution is 5.79. The number of nitrogens with two attached hydrogens (primary N) is 1. The predicted molar refractivity (Wildman–Crippen MR) is 74.4 cm³/mol. The third kappa shape index (κ3) is 2.83. The Morgan fingerprint density at radius 1 is 1.50 bits per heavy atom. The molecule has 20 heavy (non-hydrogen) atoms. The van der Waals surface area contributed by atoms with E-state index in [4.69, 9.17) is 5.73 Å². The van der Waals surface area contributed by atoms with Gasteiger partial charge in [0.15, 0.2) is 0 Å². The first kappa shape index (κ1) is 14.9. The molecule has 1 saturated heterocycles. The van der Waals surface area contributed by atoms with Gasteiger partial charge in [-0.25, -0.2) is 4.39 Å². The Morgan fingerprint density at radius 3 is 2.75 bits per heavy atom. The second-order valence-corrected chi connectivity index (χ2v) is 5.82. The molecule has 2 rings (SSSR count). The zero-order chi connectivity index (χ0) is 14.9. The molecule has 0 saturated carbocycles. The molecule has 0 bridgehead atoms. The Bertz CT molecular complexity index is 499. The van der Waals surface area contributed by atoms with Crippen LogP contribution in [0.2, 0.25) is 0 Å². The van der Waals surface area contributed by atoms with E-state index in [9.17, 15) is 14.3 Å². The van der Waals surface area contributed by atoms with Gasteiger partial charge < -0.3 is 15.7 Å². The van der Waals surface area contributed by atoms with E-state index in [0.29, 0.717) is 12.8 Å². The topological polar surface area (TPSA) is 66.6 Å². The summed E-state index contributed by atoms with van der Waals surface area (Å²) in [5.74, 6) is -0.543. The highest BCUT2D eigenvalue weighted by Gasteiger charge is 2.43. The van der Waals surface area contributed by atoms with Gasteiger partial charge in [-0.1, -0.05) is 12.1 Å². The fraction of sp³-hybridized carbons (Fsp3) is 0.533. The van der Waals surface area contributed by atoms with Crippen LogP contribution in [0.1, 0.15) is 38.3 Å². The van der Waals surface area contributed by atoms with E-state index >= 15 is 0 Å². The second-order valence-electron chi connectivity index (χ2n) is 5.82. The molecule has 1 aromatic carbocycles. The lowest BCUT2D eigenvalue weighted by Crippen LogP contribution is -2.50. The van der Waals surface area contributed by atoms with Crippen molar-refractivity contribution in [1.29, 1.82) is 0 Å². The van der Waals surface area contributed by atoms with E-state index < -0.39 is 5.60 Å². The van der Waals surface area contributed by atoms with Gasteiger partial charge in [0.2, 0.25) is 5.91 Å². The minimum atomic E-state index is -1.01. The third-order valence-electron chi connectivity index (χ3n) is 3.90. The van der Waals surface area contributed by atoms with Gasteiger partial charge in [-0.05, 0) is 44.4 Å². The lowest BCUT2D eigenvalue weighted by Gasteiger charge is -2.37. The number of hydrogen-bond acceptors (Lipinski definition) is 3. The van der Waals surface area contributed by atoms with Gasteiger partial charge in [0.05, 0.1) is 24.2 Å². The Balaban J connectivity index is 2.36. The molecular weight excluding hydrogens is 259 g/mol. The van der Waals surface area contributed by atoms with Crippen molar-refractivity contribution in [3.63, 3.8) is 0 Å². The molecule has 0 aliphatic carbocycles. The molecule has 1 fully saturated rings. The molecule has 0 aromatic heterocycles. The van der Waals surface area contributed by atoms with E-state index in [1.165, 1.54) is 12.1 Å². The Kier molecular flexibility index (Phi) is 4.11. The lowest BCUT2D eigenvalue weighted by molar-refractivity contribution is -0.137. The molecular formula is C15H21FN2O2. The quantitative estimate of drug-likeness (QED) is 0.883. The van der Waals surface area contributed by atoms with Gasteiger partial charge in [0.1, 0.15) is 5.82 Å². The lowest BCUT2D eigenvalue weighted by atomic mass is 9.96. The molecule has 4 nitrogen and oxygen atoms in total. The van der Waals surface area contributed by atoms with Gasteiger partial charge in [0, 0.05) is 0 Å². The van der Waals surface area contributed by atoms with Crippen LogP contribution in [-0.2, 0) is 4.79 Å². The summed E-state index contributed by atoms with van der Waals surface area (Å²) >= 11 is 0. The van der Waals surface area contributed by atoms with Crippen LogP contribution in [0.5, 0.6) is 0 Å². The number of rotatable bonds is 3. The fourth-order valence-electron chi connectivity index (χ4n) is 3.00. The molecule has 1 heterocycles. The molecule has 110 valence electrons. The number of carbonyl (C=O) groups is 1. The van der Waals surface area contributed by atoms with Gasteiger partial charge in [-0.3, -0.25) is 4.79 Å². The highest BCUT2D eigenvalue weighted by atomic mass is 19.1. The summed E-state index contributed by atoms with van der Waals surface area (Å²) in [6, 6.07) is 5.73. The van der Waals surface area contributed by atoms with E-state index in [1.807, 2.05) is 0 Å². The van der Waals surface area contributed by atoms with E-state index in [1.54, 1.807) is 30.9 Å². The van der Waals surface area contributed by atoms with Crippen LogP contribution in [0.15, 0.2) is 24.3 Å². The zero-order valence-electron chi connectivity index (χ0n) is 11.8. The standard InChI is InChI=1S/C15H21FN2O2/c1-15(2,20)13-7-6-12(18(13)14(19)9-17)10-4-3-5-11(16)8-10/h3-5,8,12-13,20H,6-7,9,17H2,1-2H3/t12-,13?/m0/s1. The molecule has 1 aliphatic heterocycles. The summed E-state index contributed by atoms with van der Waals surface area (Å²) in [5, 5.41) is 10.2. The Hall–Kier alpha value is -1.46. The number of nitrogens with zero attached hydrogens (tertiary/aromatic N) is 1. The Morgan fingerprint density at radius 2 is 2.20 bits per heavy atom. The smallest absolute Gasteiger partial charge is 0.237 e. The van der Waals surface area contributed by atoms with Crippen LogP contribution < -0.4 is 5.73 Å². The van der Waals surface area contributed by atoms with Crippen molar-refractivity contribution in [3.05, 3.63) is 35.6 Å². The molecule has 1 unspecified atom stereocenters. The molecule has 0 radical (unpaired) electrons. The summed E-state index contributed by atoms with van der Waals surface area (Å²) in [6.07, 6.45) is 1.38. The van der Waals surface area contributed by atoms with Crippen molar-refractivity contribution in [3.8, 4) is 0 Å². The minimum Gasteiger partial charge on any atom is -0.388 e. The van der Waals surface area contributed by atoms with Crippen LogP contribution >= 0.6 is 0 Å². The van der Waals surface area contributed by atoms with Crippen LogP contribution in [0.4, 0.5) is 4.39 Å². The van der Waals surface area contributed by atoms with E-state index in [0.717, 1.165) is 5.56 Å². The highest BCUT2D eigenvalue weighted by Crippen LogP contribution is 2.40. The number of benzene rings is 1. The van der Waals surface area contributed by atoms with Crippen molar-refractivity contribution in [2.24, 2.45) is 5.73 Å². The molecule has 1 amide bonds. The maximum Gasteiger partial charge on any atom is 0.237 e. The largest absolute Gasteiger partial charge is 0.388 e. The monoisotopic (exact) mass is 280 g/mol. The molecule has 0 spiro atoms. The third-order valence-corrected chi connectivity index (χ3v) is 3.90. The zero-order valence-corrected chi connectivity index (χ0v) is 11.8. The van der Waals surface area contributed by atoms with Crippen molar-refractivity contribution < 1.29 is 14.3 Å². The second kappa shape index (κ2) is 5.50. The minimum absolute atomic E-state index is 0.113. The summed E-state index contributed by atoms with van der Waals surface area (Å²) in [4.78, 5) is 13.8. The number of aliphatic hydroxyl groups is 1. The van der Waals surface area contributed by atoms with Crippen LogP contribution in [0.3, 0.4) is 0 Å². The fourth-order valence-corrected chi connectivity index (χ4v) is 3.00. The molecule has 3 N–H and O–H groups in total. The van der Waals surface area contributed by atoms with E-state index in [-0.39, 0.29) is 30.4 Å². The maximum atomic E-state index is 13.4. The maximum absolute atomic E-state index is 13.4. The van der Waals surface area contributed by atoms with Crippen molar-refractivity contribution in [1.82, 2.24) is 4.90 Å². The average molecular weight is 280 g/mol. The predicted octanol–water partition coefficient (Wildman–Crippen LogP) is 1.59. The van der Waals surface area contributed by atoms with Crippen molar-refractivity contribution in [2.45, 2.75) is 44.4 Å². The van der Waals surface area contributed by atoms with Crippen LogP contribution in [0, 0.1) is 5.82 Å². The molecule has 2 atom stereocenters. The summed E-state index contributed by atoms with van der Waals surface area (Å²) in [7, 11) is 0. The van der Waals surface area contributed by atoms with Crippen molar-refractivity contribution >= 4 is 5.91 Å². The summed E-state index contributed by atoms with van der Waals surface area (Å²) < 4.78 is 13.4. The van der Waals surface area contributed by atoms with Gasteiger partial charge in [-0.2, -0.15) is 0 Å². The SMILES string of the molecule is CC(C)(O)C1CC[C@@H](c2cccc(F)c2)N1C(=O)CN. The van der Waals surface area contributed by atoms with Crippen LogP contribution in [0.25, 0.3) is 0 Å². The van der Waals surface area contributed by atoms with Crippen molar-refractivity contribution in [2.75, 3.05) is 6.54 Å². The van der Waals surface area contributed by atoms with Gasteiger partial charge in [-0.15, -0.1) is 0 Å². The first-order valence-corrected chi connectivity index (χ1v) is 6.83. The van der Waals surface area contributed by atoms with E-state index in [2.05, 4.69) is 0 Å². The first-order chi connectivity index (χ1) is 9.34. The number of amides is 1. The Labute approximate surface area is 118 Å². The summed E-state index contributed by atoms with van der Waals surface area (Å²) in [6.45, 7) is 3.25. The average Bonchev–Trinajstić information content (AvgIpc) is 2.82. The molecule has 5 heteroatoms. The molecule has 1 aliphatic rings. The number of hydrogen-bond donors (Lipinski definition) is 2. The van der Waals surface area contributed by atoms with Gasteiger partial charge >= 0.3 is 0 Å². The summed E-state index contributed by atoms with van der Waals surface area (Å²) in [5.41, 5.74) is 5.22. The number of likely N-dealkylation sites (tertiary alicyclic amines) is 1. The van der Waals surface area contributed by atoms with Crippen LogP contribution in [-0.4, -0.2) is 34.1 Å². The number of halogens is 1. The normalized spacial score (nSPS) is 23.1. The number of carbonyl (C=O) groups excluding carboxylic acids is 1. The first-order valence-electron chi connectivity index (χ1n) is 6.83. The van der Waals surface area contributed by atoms with Gasteiger partial charge in [0.25, 0.3) is 0 Å². The molecule has 1 aromatic rings.